The Hall–Kier alpha value is -5.41. The Labute approximate surface area is 288 Å². The van der Waals surface area contributed by atoms with Gasteiger partial charge in [0.1, 0.15) is 11.6 Å². The summed E-state index contributed by atoms with van der Waals surface area (Å²) in [5.41, 5.74) is 11.5. The quantitative estimate of drug-likeness (QED) is 0.193. The van der Waals surface area contributed by atoms with Gasteiger partial charge < -0.3 is 0 Å². The molecule has 2 unspecified atom stereocenters. The first-order valence-electron chi connectivity index (χ1n) is 17.6. The number of benzene rings is 4. The van der Waals surface area contributed by atoms with Crippen LogP contribution in [-0.2, 0) is 5.41 Å². The van der Waals surface area contributed by atoms with E-state index in [1.807, 2.05) is 0 Å². The lowest BCUT2D eigenvalue weighted by atomic mass is 9.79. The van der Waals surface area contributed by atoms with Crippen LogP contribution in [0.2, 0.25) is 0 Å². The van der Waals surface area contributed by atoms with Gasteiger partial charge in [-0.15, -0.1) is 0 Å². The minimum atomic E-state index is -0.0952. The molecular weight excluding hydrogens is 595 g/mol. The summed E-state index contributed by atoms with van der Waals surface area (Å²) < 4.78 is 0. The minimum Gasteiger partial charge on any atom is -0.217 e. The first-order valence-corrected chi connectivity index (χ1v) is 17.6. The van der Waals surface area contributed by atoms with Crippen LogP contribution in [0.4, 0.5) is 0 Å². The minimum absolute atomic E-state index is 0.0456. The maximum atomic E-state index is 5.46. The summed E-state index contributed by atoms with van der Waals surface area (Å²) in [6.07, 6.45) is 22.2. The molecule has 5 aromatic rings. The summed E-state index contributed by atoms with van der Waals surface area (Å²) in [6.45, 7) is 4.75. The topological polar surface area (TPSA) is 38.7 Å². The second-order valence-corrected chi connectivity index (χ2v) is 14.2. The molecule has 9 rings (SSSR count). The van der Waals surface area contributed by atoms with Crippen LogP contribution < -0.4 is 0 Å². The van der Waals surface area contributed by atoms with Gasteiger partial charge in [-0.25, -0.2) is 15.0 Å². The van der Waals surface area contributed by atoms with Crippen LogP contribution in [0.15, 0.2) is 145 Å². The van der Waals surface area contributed by atoms with Crippen molar-refractivity contribution in [2.75, 3.05) is 0 Å². The second kappa shape index (κ2) is 11.9. The fraction of sp³-hybridized carbons (Fsp3) is 0.196. The third kappa shape index (κ3) is 5.16. The molecule has 0 N–H and O–H groups in total. The molecule has 0 radical (unpaired) electrons. The SMILES string of the molecule is CC1(C)C2=C(CCC=C2)c2c1cc1ccccc1c2-c1nc(C2C=C(c3ccccc3)C=CC2)nc(C2C=C(c3ccccc3)C=CC2)n1. The Balaban J connectivity index is 1.28. The Morgan fingerprint density at radius 1 is 0.612 bits per heavy atom. The summed E-state index contributed by atoms with van der Waals surface area (Å²) in [4.78, 5) is 16.3. The Kier molecular flexibility index (Phi) is 7.23. The molecule has 4 aliphatic carbocycles. The maximum absolute atomic E-state index is 5.46. The molecule has 3 heteroatoms. The van der Waals surface area contributed by atoms with Crippen molar-refractivity contribution in [3.05, 3.63) is 179 Å². The number of aromatic nitrogens is 3. The highest BCUT2D eigenvalue weighted by Crippen LogP contribution is 2.54. The van der Waals surface area contributed by atoms with Crippen LogP contribution in [0.25, 0.3) is 38.9 Å². The van der Waals surface area contributed by atoms with Gasteiger partial charge in [-0.05, 0) is 87.1 Å². The van der Waals surface area contributed by atoms with Gasteiger partial charge in [-0.3, -0.25) is 0 Å². The largest absolute Gasteiger partial charge is 0.217 e. The van der Waals surface area contributed by atoms with Crippen LogP contribution in [0.3, 0.4) is 0 Å². The molecule has 0 spiro atoms. The van der Waals surface area contributed by atoms with Crippen LogP contribution in [0.1, 0.15) is 85.3 Å². The number of hydrogen-bond acceptors (Lipinski definition) is 3. The number of hydrogen-bond donors (Lipinski definition) is 0. The van der Waals surface area contributed by atoms with Gasteiger partial charge in [0.15, 0.2) is 5.82 Å². The Bertz CT molecular complexity index is 2210. The van der Waals surface area contributed by atoms with E-state index in [0.717, 1.165) is 48.7 Å². The molecule has 4 aliphatic rings. The number of fused-ring (bicyclic) bond motifs is 3. The third-order valence-electron chi connectivity index (χ3n) is 10.8. The molecule has 0 bridgehead atoms. The van der Waals surface area contributed by atoms with E-state index < -0.39 is 0 Å². The monoisotopic (exact) mass is 633 g/mol. The van der Waals surface area contributed by atoms with Crippen molar-refractivity contribution in [1.29, 1.82) is 0 Å². The molecule has 0 aliphatic heterocycles. The normalized spacial score (nSPS) is 20.6. The molecule has 1 aromatic heterocycles. The standard InChI is InChI=1S/C46H39N3/c1-46(2)39-26-12-11-25-38(39)41-40(46)29-34-19-9-10-24-37(34)42(41)45-48-43(35-22-13-20-32(27-35)30-15-5-3-6-16-30)47-44(49-45)36-23-14-21-33(28-36)31-17-7-4-8-18-31/h3-10,12-21,24,26-29,35-36H,11,22-23,25H2,1-2H3. The van der Waals surface area contributed by atoms with Crippen molar-refractivity contribution < 1.29 is 0 Å². The average molecular weight is 634 g/mol. The van der Waals surface area contributed by atoms with Gasteiger partial charge in [-0.1, -0.05) is 147 Å². The highest BCUT2D eigenvalue weighted by atomic mass is 15.0. The highest BCUT2D eigenvalue weighted by Gasteiger charge is 2.40. The van der Waals surface area contributed by atoms with Crippen molar-refractivity contribution in [1.82, 2.24) is 15.0 Å². The lowest BCUT2D eigenvalue weighted by Crippen LogP contribution is -2.17. The van der Waals surface area contributed by atoms with Crippen LogP contribution in [0.5, 0.6) is 0 Å². The van der Waals surface area contributed by atoms with E-state index in [0.29, 0.717) is 0 Å². The molecule has 3 nitrogen and oxygen atoms in total. The molecule has 238 valence electrons. The van der Waals surface area contributed by atoms with Crippen molar-refractivity contribution in [2.45, 2.75) is 56.8 Å². The van der Waals surface area contributed by atoms with Gasteiger partial charge in [-0.2, -0.15) is 0 Å². The van der Waals surface area contributed by atoms with Gasteiger partial charge in [0, 0.05) is 22.8 Å². The summed E-state index contributed by atoms with van der Waals surface area (Å²) in [6, 6.07) is 32.5. The predicted octanol–water partition coefficient (Wildman–Crippen LogP) is 11.3. The Morgan fingerprint density at radius 3 is 1.84 bits per heavy atom. The molecule has 4 aromatic carbocycles. The molecule has 1 heterocycles. The summed E-state index contributed by atoms with van der Waals surface area (Å²) in [5, 5.41) is 2.44. The maximum Gasteiger partial charge on any atom is 0.164 e. The van der Waals surface area contributed by atoms with Gasteiger partial charge in [0.2, 0.25) is 0 Å². The van der Waals surface area contributed by atoms with E-state index in [1.165, 1.54) is 55.3 Å². The van der Waals surface area contributed by atoms with Crippen molar-refractivity contribution in [3.8, 4) is 11.4 Å². The second-order valence-electron chi connectivity index (χ2n) is 14.2. The van der Waals surface area contributed by atoms with Crippen LogP contribution in [0, 0.1) is 0 Å². The summed E-state index contributed by atoms with van der Waals surface area (Å²) in [5.74, 6) is 2.58. The van der Waals surface area contributed by atoms with Crippen LogP contribution >= 0.6 is 0 Å². The lowest BCUT2D eigenvalue weighted by molar-refractivity contribution is 0.652. The van der Waals surface area contributed by atoms with E-state index in [4.69, 9.17) is 15.0 Å². The van der Waals surface area contributed by atoms with Crippen molar-refractivity contribution in [2.24, 2.45) is 0 Å². The molecule has 0 fully saturated rings. The molecule has 2 atom stereocenters. The number of allylic oxidation sites excluding steroid dienone is 12. The van der Waals surface area contributed by atoms with Gasteiger partial charge in [0.25, 0.3) is 0 Å². The predicted molar refractivity (Wildman–Crippen MR) is 203 cm³/mol. The first-order chi connectivity index (χ1) is 24.0. The van der Waals surface area contributed by atoms with Crippen LogP contribution in [-0.4, -0.2) is 15.0 Å². The smallest absolute Gasteiger partial charge is 0.164 e. The van der Waals surface area contributed by atoms with E-state index in [9.17, 15) is 0 Å². The van der Waals surface area contributed by atoms with E-state index in [1.54, 1.807) is 0 Å². The summed E-state index contributed by atoms with van der Waals surface area (Å²) in [7, 11) is 0. The molecule has 0 saturated carbocycles. The number of rotatable bonds is 5. The Morgan fingerprint density at radius 2 is 1.20 bits per heavy atom. The first kappa shape index (κ1) is 29.7. The molecule has 49 heavy (non-hydrogen) atoms. The number of nitrogens with zero attached hydrogens (tertiary/aromatic N) is 3. The molecular formula is C46H39N3. The zero-order valence-corrected chi connectivity index (χ0v) is 28.1. The molecule has 0 amide bonds. The summed E-state index contributed by atoms with van der Waals surface area (Å²) >= 11 is 0. The van der Waals surface area contributed by atoms with Crippen molar-refractivity contribution >= 4 is 27.5 Å². The van der Waals surface area contributed by atoms with E-state index >= 15 is 0 Å². The van der Waals surface area contributed by atoms with Gasteiger partial charge in [0.05, 0.1) is 0 Å². The average Bonchev–Trinajstić information content (AvgIpc) is 3.40. The zero-order chi connectivity index (χ0) is 33.0. The molecule has 0 saturated heterocycles. The zero-order valence-electron chi connectivity index (χ0n) is 28.1. The van der Waals surface area contributed by atoms with E-state index in [-0.39, 0.29) is 17.3 Å². The fourth-order valence-electron chi connectivity index (χ4n) is 8.26. The fourth-order valence-corrected chi connectivity index (χ4v) is 8.26. The van der Waals surface area contributed by atoms with Crippen molar-refractivity contribution in [3.63, 3.8) is 0 Å². The lowest BCUT2D eigenvalue weighted by Gasteiger charge is -2.25. The van der Waals surface area contributed by atoms with Gasteiger partial charge >= 0.3 is 0 Å². The third-order valence-corrected chi connectivity index (χ3v) is 10.8. The highest BCUT2D eigenvalue weighted by molar-refractivity contribution is 6.05. The van der Waals surface area contributed by atoms with E-state index in [2.05, 4.69) is 153 Å².